The summed E-state index contributed by atoms with van der Waals surface area (Å²) in [6, 6.07) is 14.1. The molecule has 0 radical (unpaired) electrons. The van der Waals surface area contributed by atoms with E-state index in [1.54, 1.807) is 50.1 Å². The number of carboxylic acids is 1. The van der Waals surface area contributed by atoms with Crippen molar-refractivity contribution in [2.45, 2.75) is 97.5 Å². The highest BCUT2D eigenvalue weighted by Gasteiger charge is 2.37. The monoisotopic (exact) mass is 1150 g/mol. The van der Waals surface area contributed by atoms with E-state index in [2.05, 4.69) is 26.3 Å². The summed E-state index contributed by atoms with van der Waals surface area (Å²) < 4.78 is 59.0. The van der Waals surface area contributed by atoms with E-state index in [4.69, 9.17) is 29.4 Å². The summed E-state index contributed by atoms with van der Waals surface area (Å²) in [5.41, 5.74) is 6.58. The number of aromatic nitrogens is 2. The Kier molecular flexibility index (Phi) is 28.2. The fourth-order valence-electron chi connectivity index (χ4n) is 8.19. The Morgan fingerprint density at radius 3 is 2.00 bits per heavy atom. The van der Waals surface area contributed by atoms with Crippen molar-refractivity contribution in [3.63, 3.8) is 0 Å². The number of nitrogens with zero attached hydrogens (tertiary/aromatic N) is 3. The van der Waals surface area contributed by atoms with Gasteiger partial charge in [-0.1, -0.05) is 51.1 Å². The van der Waals surface area contributed by atoms with E-state index >= 15 is 4.39 Å². The zero-order valence-corrected chi connectivity index (χ0v) is 47.8. The van der Waals surface area contributed by atoms with E-state index in [1.165, 1.54) is 12.4 Å². The van der Waals surface area contributed by atoms with E-state index in [0.29, 0.717) is 49.8 Å². The van der Waals surface area contributed by atoms with Crippen LogP contribution in [0.1, 0.15) is 83.7 Å². The normalized spacial score (nSPS) is 12.6. The Labute approximate surface area is 476 Å². The second-order valence-corrected chi connectivity index (χ2v) is 21.8. The molecule has 0 fully saturated rings. The highest BCUT2D eigenvalue weighted by molar-refractivity contribution is 8.00. The van der Waals surface area contributed by atoms with Gasteiger partial charge >= 0.3 is 12.1 Å². The first-order valence-electron chi connectivity index (χ1n) is 26.6. The number of pyridine rings is 1. The Bertz CT molecular complexity index is 2640. The lowest BCUT2D eigenvalue weighted by atomic mass is 9.83. The fraction of sp³-hybridized carbons (Fsp3) is 0.509. The molecule has 0 aliphatic rings. The van der Waals surface area contributed by atoms with Gasteiger partial charge in [0, 0.05) is 73.8 Å². The first kappa shape index (κ1) is 66.5. The van der Waals surface area contributed by atoms with Gasteiger partial charge in [-0.15, -0.1) is 11.8 Å². The maximum atomic E-state index is 15.5. The van der Waals surface area contributed by atoms with Crippen LogP contribution in [0.5, 0.6) is 0 Å². The van der Waals surface area contributed by atoms with Gasteiger partial charge in [0.1, 0.15) is 29.3 Å². The number of nitrogens with two attached hydrogens (primary N) is 1. The third-order valence-corrected chi connectivity index (χ3v) is 12.8. The fourth-order valence-corrected chi connectivity index (χ4v) is 9.11. The van der Waals surface area contributed by atoms with Crippen molar-refractivity contribution in [1.82, 2.24) is 35.7 Å². The van der Waals surface area contributed by atoms with E-state index in [0.717, 1.165) is 35.5 Å². The molecule has 0 bridgehead atoms. The van der Waals surface area contributed by atoms with Crippen molar-refractivity contribution in [3.05, 3.63) is 114 Å². The number of nitrogens with one attached hydrogen (secondary N) is 4. The summed E-state index contributed by atoms with van der Waals surface area (Å²) in [4.78, 5) is 95.7. The maximum absolute atomic E-state index is 15.5. The lowest BCUT2D eigenvalue weighted by molar-refractivity contribution is -0.141. The van der Waals surface area contributed by atoms with Crippen molar-refractivity contribution >= 4 is 53.4 Å². The second kappa shape index (κ2) is 34.3. The summed E-state index contributed by atoms with van der Waals surface area (Å²) in [6.45, 7) is 13.6. The van der Waals surface area contributed by atoms with Crippen molar-refractivity contribution in [1.29, 1.82) is 0 Å². The van der Waals surface area contributed by atoms with Crippen LogP contribution in [-0.2, 0) is 65.4 Å². The summed E-state index contributed by atoms with van der Waals surface area (Å²) in [5.74, 6) is -6.10. The van der Waals surface area contributed by atoms with Crippen LogP contribution < -0.4 is 27.0 Å². The average Bonchev–Trinajstić information content (AvgIpc) is 4.02. The van der Waals surface area contributed by atoms with Crippen LogP contribution in [0.25, 0.3) is 11.1 Å². The number of hydrogen-bond acceptors (Lipinski definition) is 14. The number of hydrogen-bond donors (Lipinski definition) is 6. The minimum Gasteiger partial charge on any atom is -0.480 e. The van der Waals surface area contributed by atoms with E-state index in [1.807, 2.05) is 55.7 Å². The van der Waals surface area contributed by atoms with Crippen LogP contribution in [0.15, 0.2) is 85.3 Å². The van der Waals surface area contributed by atoms with Gasteiger partial charge in [0.15, 0.2) is 0 Å². The molecule has 0 aliphatic carbocycles. The molecule has 444 valence electrons. The van der Waals surface area contributed by atoms with Gasteiger partial charge in [-0.3, -0.25) is 29.0 Å². The van der Waals surface area contributed by atoms with Crippen molar-refractivity contribution in [2.24, 2.45) is 11.1 Å². The minimum absolute atomic E-state index is 0.00822. The van der Waals surface area contributed by atoms with E-state index in [9.17, 15) is 43.1 Å². The Hall–Kier alpha value is -6.99. The molecule has 0 saturated carbocycles. The number of primary amides is 1. The molecule has 24 heteroatoms. The van der Waals surface area contributed by atoms with Gasteiger partial charge in [-0.05, 0) is 80.1 Å². The van der Waals surface area contributed by atoms with Gasteiger partial charge in [0.05, 0.1) is 77.5 Å². The standard InChI is InChI=1S/C57H78F2N8O13S/c1-56(2,3)52(47-32-41(43-33-42(58)13-14-44(43)59)36-66(47)35-40-11-8-7-9-12-40)67(22-10-18-62-53(72)45(34-48(60)68)64-50(70)31-39-15-19-61-20-16-39)51(71)38-81-37-46(54(73)74)65-49(69)17-23-76-25-27-78-29-30-79-28-26-77-24-21-63-55(75)80-57(4,5)6/h7-9,11-16,19-20,32-33,36,45-46,52H,10,17-18,21-31,34-35,37-38H2,1-6H3,(H2,60,68)(H,62,72)(H,63,75)(H,64,70)(H,65,69)(H,73,74). The smallest absolute Gasteiger partial charge is 0.407 e. The summed E-state index contributed by atoms with van der Waals surface area (Å²) in [7, 11) is 0. The molecule has 81 heavy (non-hydrogen) atoms. The maximum Gasteiger partial charge on any atom is 0.407 e. The SMILES string of the molecule is CC(C)(C)OC(=O)NCCOCCOCCOCCOCCC(=O)NC(CSCC(=O)N(CCCNC(=O)C(CC(N)=O)NC(=O)Cc1ccncc1)C(c1cc(-c2cc(F)ccc2F)cn1Cc1ccccc1)C(C)(C)C)C(=O)O. The molecular weight excluding hydrogens is 1070 g/mol. The highest BCUT2D eigenvalue weighted by Crippen LogP contribution is 2.41. The molecular formula is C57H78F2N8O13S. The molecule has 2 aromatic carbocycles. The van der Waals surface area contributed by atoms with Crippen molar-refractivity contribution < 1.29 is 71.1 Å². The molecule has 2 aromatic heterocycles. The number of thioether (sulfide) groups is 1. The highest BCUT2D eigenvalue weighted by atomic mass is 32.2. The third kappa shape index (κ3) is 25.6. The topological polar surface area (TPSA) is 281 Å². The predicted octanol–water partition coefficient (Wildman–Crippen LogP) is 5.19. The number of rotatable bonds is 36. The number of aliphatic carboxylic acids is 1. The first-order chi connectivity index (χ1) is 38.5. The van der Waals surface area contributed by atoms with Crippen LogP contribution in [0.3, 0.4) is 0 Å². The number of alkyl carbamates (subject to hydrolysis) is 1. The molecule has 6 amide bonds. The van der Waals surface area contributed by atoms with Crippen LogP contribution in [-0.4, -0.2) is 163 Å². The quantitative estimate of drug-likeness (QED) is 0.0320. The number of benzene rings is 2. The summed E-state index contributed by atoms with van der Waals surface area (Å²) >= 11 is 0.990. The summed E-state index contributed by atoms with van der Waals surface area (Å²) in [6.07, 6.45) is 3.66. The van der Waals surface area contributed by atoms with Crippen molar-refractivity contribution in [2.75, 3.05) is 84.0 Å². The Morgan fingerprint density at radius 2 is 1.38 bits per heavy atom. The van der Waals surface area contributed by atoms with Gasteiger partial charge < -0.3 is 65.3 Å². The molecule has 0 saturated heterocycles. The van der Waals surface area contributed by atoms with Gasteiger partial charge in [0.2, 0.25) is 29.5 Å². The average molecular weight is 1150 g/mol. The van der Waals surface area contributed by atoms with E-state index < -0.39 is 88.8 Å². The van der Waals surface area contributed by atoms with Crippen LogP contribution in [0.2, 0.25) is 0 Å². The Balaban J connectivity index is 1.39. The van der Waals surface area contributed by atoms with Crippen molar-refractivity contribution in [3.8, 4) is 11.1 Å². The number of ether oxygens (including phenoxy) is 5. The molecule has 4 aromatic rings. The third-order valence-electron chi connectivity index (χ3n) is 11.8. The molecule has 2 heterocycles. The van der Waals surface area contributed by atoms with Crippen LogP contribution in [0.4, 0.5) is 13.6 Å². The Morgan fingerprint density at radius 1 is 0.753 bits per heavy atom. The second-order valence-electron chi connectivity index (χ2n) is 20.8. The van der Waals surface area contributed by atoms with Gasteiger partial charge in [-0.25, -0.2) is 18.4 Å². The van der Waals surface area contributed by atoms with Crippen LogP contribution in [0, 0.1) is 17.0 Å². The van der Waals surface area contributed by atoms with Crippen LogP contribution >= 0.6 is 11.8 Å². The zero-order chi connectivity index (χ0) is 59.4. The lowest BCUT2D eigenvalue weighted by Gasteiger charge is -2.41. The zero-order valence-electron chi connectivity index (χ0n) is 47.0. The molecule has 3 atom stereocenters. The molecule has 3 unspecified atom stereocenters. The number of carboxylic acid groups (broad SMARTS) is 1. The lowest BCUT2D eigenvalue weighted by Crippen LogP contribution is -2.49. The van der Waals surface area contributed by atoms with E-state index in [-0.39, 0.29) is 82.4 Å². The van der Waals surface area contributed by atoms with Gasteiger partial charge in [0.25, 0.3) is 0 Å². The predicted molar refractivity (Wildman–Crippen MR) is 300 cm³/mol. The molecule has 0 aliphatic heterocycles. The number of halogens is 2. The number of carbonyl (C=O) groups excluding carboxylic acids is 6. The number of carbonyl (C=O) groups is 7. The molecule has 7 N–H and O–H groups in total. The minimum atomic E-state index is -1.37. The molecule has 4 rings (SSSR count). The number of amides is 6. The largest absolute Gasteiger partial charge is 0.480 e. The summed E-state index contributed by atoms with van der Waals surface area (Å²) in [5, 5.41) is 20.5. The van der Waals surface area contributed by atoms with Gasteiger partial charge in [-0.2, -0.15) is 0 Å². The first-order valence-corrected chi connectivity index (χ1v) is 27.8. The molecule has 21 nitrogen and oxygen atoms in total. The molecule has 0 spiro atoms.